The molecule has 0 fully saturated rings. The summed E-state index contributed by atoms with van der Waals surface area (Å²) in [5, 5.41) is 9.87. The second-order valence-corrected chi connectivity index (χ2v) is 7.76. The van der Waals surface area contributed by atoms with Crippen LogP contribution in [0.2, 0.25) is 0 Å². The van der Waals surface area contributed by atoms with E-state index in [0.717, 1.165) is 24.5 Å². The topological polar surface area (TPSA) is 152 Å². The van der Waals surface area contributed by atoms with Crippen LogP contribution in [-0.4, -0.2) is 35.2 Å². The molecule has 13 heteroatoms. The Hall–Kier alpha value is -4.81. The first-order valence-electron chi connectivity index (χ1n) is 10.1. The molecule has 3 heterocycles. The number of anilines is 1. The van der Waals surface area contributed by atoms with Crippen molar-refractivity contribution in [2.75, 3.05) is 5.73 Å². The summed E-state index contributed by atoms with van der Waals surface area (Å²) in [6, 6.07) is 9.13. The number of halogens is 3. The average molecular weight is 484 g/mol. The van der Waals surface area contributed by atoms with E-state index in [1.54, 1.807) is 24.3 Å². The number of carbonyl (C=O) groups is 1. The van der Waals surface area contributed by atoms with Gasteiger partial charge < -0.3 is 20.4 Å². The van der Waals surface area contributed by atoms with Crippen LogP contribution in [0.25, 0.3) is 27.8 Å². The lowest BCUT2D eigenvalue weighted by molar-refractivity contribution is -0.137. The van der Waals surface area contributed by atoms with Gasteiger partial charge in [0.15, 0.2) is 11.3 Å². The second-order valence-electron chi connectivity index (χ2n) is 7.76. The van der Waals surface area contributed by atoms with Crippen LogP contribution in [0.4, 0.5) is 18.9 Å². The molecule has 0 aliphatic heterocycles. The fourth-order valence-corrected chi connectivity index (χ4v) is 4.11. The minimum absolute atomic E-state index is 0.0730. The van der Waals surface area contributed by atoms with E-state index in [-0.39, 0.29) is 28.6 Å². The highest BCUT2D eigenvalue weighted by Gasteiger charge is 2.33. The van der Waals surface area contributed by atoms with Crippen molar-refractivity contribution in [2.45, 2.75) is 12.7 Å². The van der Waals surface area contributed by atoms with Crippen molar-refractivity contribution in [1.82, 2.24) is 24.1 Å². The number of aromatic amines is 2. The Morgan fingerprint density at radius 2 is 1.91 bits per heavy atom. The Morgan fingerprint density at radius 1 is 1.14 bits per heavy atom. The molecular weight excluding hydrogens is 469 g/mol. The number of aromatic carboxylic acids is 1. The average Bonchev–Trinajstić information content (AvgIpc) is 3.36. The number of rotatable bonds is 4. The molecular formula is C22H15F3N6O4. The Morgan fingerprint density at radius 3 is 2.60 bits per heavy atom. The van der Waals surface area contributed by atoms with Gasteiger partial charge in [0, 0.05) is 17.6 Å². The van der Waals surface area contributed by atoms with E-state index >= 15 is 0 Å². The molecule has 3 aromatic heterocycles. The normalized spacial score (nSPS) is 12.0. The molecule has 0 atom stereocenters. The van der Waals surface area contributed by atoms with Crippen LogP contribution in [0, 0.1) is 0 Å². The quantitative estimate of drug-likeness (QED) is 0.288. The van der Waals surface area contributed by atoms with Crippen LogP contribution in [-0.2, 0) is 12.7 Å². The number of hydrogen-bond donors (Lipinski definition) is 4. The molecule has 0 saturated carbocycles. The number of nitrogen functional groups attached to an aromatic ring is 1. The standard InChI is InChI=1S/C22H15F3N6O4/c23-22(24,25)11-4-5-14-13(7-11)16(31-19(32)15-18(28-9-27-15)29-21(31)35)17(20(33)34)30(14)8-10-2-1-3-12(26)6-10/h1-7,9H,8,26H2,(H,27,28)(H,29,35)(H,33,34). The van der Waals surface area contributed by atoms with Crippen molar-refractivity contribution >= 4 is 33.7 Å². The minimum atomic E-state index is -4.75. The zero-order valence-corrected chi connectivity index (χ0v) is 17.6. The van der Waals surface area contributed by atoms with Crippen LogP contribution < -0.4 is 17.0 Å². The molecule has 0 aliphatic carbocycles. The van der Waals surface area contributed by atoms with Gasteiger partial charge in [-0.1, -0.05) is 12.1 Å². The predicted octanol–water partition coefficient (Wildman–Crippen LogP) is 2.70. The van der Waals surface area contributed by atoms with Gasteiger partial charge in [-0.3, -0.25) is 9.78 Å². The molecule has 0 aliphatic rings. The maximum absolute atomic E-state index is 13.5. The van der Waals surface area contributed by atoms with Gasteiger partial charge in [0.1, 0.15) is 5.52 Å². The maximum atomic E-state index is 13.5. The number of aromatic nitrogens is 5. The van der Waals surface area contributed by atoms with Crippen LogP contribution >= 0.6 is 0 Å². The first kappa shape index (κ1) is 22.0. The number of alkyl halides is 3. The maximum Gasteiger partial charge on any atom is 0.416 e. The van der Waals surface area contributed by atoms with E-state index in [0.29, 0.717) is 15.8 Å². The summed E-state index contributed by atoms with van der Waals surface area (Å²) in [5.74, 6) is -1.55. The first-order chi connectivity index (χ1) is 16.6. The van der Waals surface area contributed by atoms with E-state index < -0.39 is 40.3 Å². The fourth-order valence-electron chi connectivity index (χ4n) is 4.11. The lowest BCUT2D eigenvalue weighted by Crippen LogP contribution is -2.34. The van der Waals surface area contributed by atoms with Gasteiger partial charge in [-0.2, -0.15) is 13.2 Å². The molecule has 5 rings (SSSR count). The Kier molecular flexibility index (Phi) is 4.79. The van der Waals surface area contributed by atoms with Crippen molar-refractivity contribution in [3.8, 4) is 5.69 Å². The van der Waals surface area contributed by atoms with Gasteiger partial charge in [0.2, 0.25) is 0 Å². The molecule has 0 saturated heterocycles. The Bertz CT molecular complexity index is 1760. The highest BCUT2D eigenvalue weighted by atomic mass is 19.4. The van der Waals surface area contributed by atoms with E-state index in [1.165, 1.54) is 4.57 Å². The van der Waals surface area contributed by atoms with Crippen molar-refractivity contribution in [2.24, 2.45) is 0 Å². The summed E-state index contributed by atoms with van der Waals surface area (Å²) in [4.78, 5) is 47.2. The summed E-state index contributed by atoms with van der Waals surface area (Å²) in [6.07, 6.45) is -3.61. The number of nitrogens with zero attached hydrogens (tertiary/aromatic N) is 3. The molecule has 0 bridgehead atoms. The number of benzene rings is 2. The van der Waals surface area contributed by atoms with Gasteiger partial charge in [0.25, 0.3) is 5.56 Å². The van der Waals surface area contributed by atoms with Gasteiger partial charge in [-0.05, 0) is 35.9 Å². The highest BCUT2D eigenvalue weighted by Crippen LogP contribution is 2.36. The molecule has 2 aromatic carbocycles. The van der Waals surface area contributed by atoms with Gasteiger partial charge in [0.05, 0.1) is 23.1 Å². The summed E-state index contributed by atoms with van der Waals surface area (Å²) < 4.78 is 42.4. The third-order valence-electron chi connectivity index (χ3n) is 5.57. The third kappa shape index (κ3) is 3.53. The van der Waals surface area contributed by atoms with Crippen LogP contribution in [0.15, 0.2) is 58.4 Å². The summed E-state index contributed by atoms with van der Waals surface area (Å²) in [5.41, 5.74) is 2.48. The molecule has 0 amide bonds. The van der Waals surface area contributed by atoms with Crippen molar-refractivity contribution < 1.29 is 23.1 Å². The monoisotopic (exact) mass is 484 g/mol. The fraction of sp³-hybridized carbons (Fsp3) is 0.0909. The zero-order chi connectivity index (χ0) is 25.1. The molecule has 5 aromatic rings. The van der Waals surface area contributed by atoms with Crippen molar-refractivity contribution in [1.29, 1.82) is 0 Å². The lowest BCUT2D eigenvalue weighted by atomic mass is 10.1. The molecule has 5 N–H and O–H groups in total. The summed E-state index contributed by atoms with van der Waals surface area (Å²) in [7, 11) is 0. The SMILES string of the molecule is Nc1cccc(Cn2c(C(=O)O)c(-n3c(=O)[nH]c4nc[nH]c4c3=O)c3cc(C(F)(F)F)ccc32)c1. The number of imidazole rings is 1. The lowest BCUT2D eigenvalue weighted by Gasteiger charge is -2.10. The Labute approximate surface area is 192 Å². The number of fused-ring (bicyclic) bond motifs is 2. The minimum Gasteiger partial charge on any atom is -0.477 e. The smallest absolute Gasteiger partial charge is 0.416 e. The number of carboxylic acid groups (broad SMARTS) is 1. The summed E-state index contributed by atoms with van der Waals surface area (Å²) in [6.45, 7) is -0.104. The molecule has 178 valence electrons. The van der Waals surface area contributed by atoms with Crippen LogP contribution in [0.1, 0.15) is 21.6 Å². The zero-order valence-electron chi connectivity index (χ0n) is 17.6. The van der Waals surface area contributed by atoms with E-state index in [4.69, 9.17) is 5.73 Å². The summed E-state index contributed by atoms with van der Waals surface area (Å²) >= 11 is 0. The molecule has 35 heavy (non-hydrogen) atoms. The molecule has 10 nitrogen and oxygen atoms in total. The number of nitrogens with two attached hydrogens (primary N) is 1. The second kappa shape index (κ2) is 7.62. The number of nitrogens with one attached hydrogen (secondary N) is 2. The number of carboxylic acids is 1. The van der Waals surface area contributed by atoms with E-state index in [1.807, 2.05) is 0 Å². The van der Waals surface area contributed by atoms with E-state index in [9.17, 15) is 32.7 Å². The number of hydrogen-bond acceptors (Lipinski definition) is 5. The third-order valence-corrected chi connectivity index (χ3v) is 5.57. The number of H-pyrrole nitrogens is 2. The van der Waals surface area contributed by atoms with Gasteiger partial charge >= 0.3 is 17.8 Å². The first-order valence-corrected chi connectivity index (χ1v) is 10.1. The molecule has 0 unspecified atom stereocenters. The van der Waals surface area contributed by atoms with Gasteiger partial charge in [-0.25, -0.2) is 19.1 Å². The Balaban J connectivity index is 1.93. The van der Waals surface area contributed by atoms with Crippen LogP contribution in [0.5, 0.6) is 0 Å². The largest absolute Gasteiger partial charge is 0.477 e. The van der Waals surface area contributed by atoms with Crippen molar-refractivity contribution in [3.63, 3.8) is 0 Å². The van der Waals surface area contributed by atoms with Crippen LogP contribution in [0.3, 0.4) is 0 Å². The highest BCUT2D eigenvalue weighted by molar-refractivity contribution is 6.03. The predicted molar refractivity (Wildman–Crippen MR) is 120 cm³/mol. The van der Waals surface area contributed by atoms with E-state index in [2.05, 4.69) is 15.0 Å². The van der Waals surface area contributed by atoms with Crippen molar-refractivity contribution in [3.05, 3.63) is 86.5 Å². The van der Waals surface area contributed by atoms with Gasteiger partial charge in [-0.15, -0.1) is 0 Å². The molecule has 0 radical (unpaired) electrons. The molecule has 0 spiro atoms.